The molecule has 4 heteroatoms. The number of hydrogen-bond donors (Lipinski definition) is 1. The molecule has 0 aliphatic heterocycles. The highest BCUT2D eigenvalue weighted by molar-refractivity contribution is 7.80. The van der Waals surface area contributed by atoms with Gasteiger partial charge in [-0.15, -0.1) is 0 Å². The lowest BCUT2D eigenvalue weighted by Crippen LogP contribution is -2.28. The molecule has 0 saturated carbocycles. The zero-order valence-electron chi connectivity index (χ0n) is 9.12. The van der Waals surface area contributed by atoms with Gasteiger partial charge < -0.3 is 10.6 Å². The molecule has 0 aliphatic carbocycles. The van der Waals surface area contributed by atoms with E-state index in [0.717, 1.165) is 11.3 Å². The summed E-state index contributed by atoms with van der Waals surface area (Å²) < 4.78 is 0. The van der Waals surface area contributed by atoms with E-state index in [4.69, 9.17) is 29.6 Å². The molecule has 0 heterocycles. The van der Waals surface area contributed by atoms with Gasteiger partial charge in [0.25, 0.3) is 0 Å². The number of anilines is 1. The Kier molecular flexibility index (Phi) is 3.94. The van der Waals surface area contributed by atoms with E-state index in [-0.39, 0.29) is 0 Å². The molecule has 2 N–H and O–H groups in total. The zero-order valence-corrected chi connectivity index (χ0v) is 10.7. The minimum Gasteiger partial charge on any atom is -0.389 e. The van der Waals surface area contributed by atoms with E-state index in [9.17, 15) is 0 Å². The van der Waals surface area contributed by atoms with Gasteiger partial charge in [0.05, 0.1) is 10.6 Å². The molecule has 1 rings (SSSR count). The smallest absolute Gasteiger partial charge is 0.107 e. The van der Waals surface area contributed by atoms with Crippen molar-refractivity contribution in [3.8, 4) is 0 Å². The van der Waals surface area contributed by atoms with Crippen LogP contribution in [0.15, 0.2) is 18.2 Å². The highest BCUT2D eigenvalue weighted by Crippen LogP contribution is 2.27. The number of rotatable bonds is 3. The fourth-order valence-corrected chi connectivity index (χ4v) is 1.87. The minimum atomic E-state index is 0.336. The summed E-state index contributed by atoms with van der Waals surface area (Å²) in [4.78, 5) is 2.43. The van der Waals surface area contributed by atoms with Gasteiger partial charge >= 0.3 is 0 Å². The molecule has 0 saturated heterocycles. The summed E-state index contributed by atoms with van der Waals surface area (Å²) in [6.07, 6.45) is 0. The first-order valence-electron chi connectivity index (χ1n) is 4.76. The molecule has 0 unspecified atom stereocenters. The topological polar surface area (TPSA) is 29.3 Å². The van der Waals surface area contributed by atoms with Crippen LogP contribution >= 0.6 is 23.8 Å². The summed E-state index contributed by atoms with van der Waals surface area (Å²) in [6.45, 7) is 4.20. The Morgan fingerprint density at radius 3 is 2.53 bits per heavy atom. The van der Waals surface area contributed by atoms with E-state index in [0.29, 0.717) is 16.1 Å². The zero-order chi connectivity index (χ0) is 11.6. The fraction of sp³-hybridized carbons (Fsp3) is 0.364. The number of halogens is 1. The van der Waals surface area contributed by atoms with Gasteiger partial charge in [0, 0.05) is 18.8 Å². The molecular weight excluding hydrogens is 228 g/mol. The van der Waals surface area contributed by atoms with Gasteiger partial charge in [0.2, 0.25) is 0 Å². The number of thiocarbonyl (C=S) groups is 1. The third kappa shape index (κ3) is 2.61. The third-order valence-corrected chi connectivity index (χ3v) is 2.91. The molecule has 2 nitrogen and oxygen atoms in total. The monoisotopic (exact) mass is 242 g/mol. The Morgan fingerprint density at radius 2 is 2.07 bits per heavy atom. The number of benzene rings is 1. The largest absolute Gasteiger partial charge is 0.389 e. The molecular formula is C11H15ClN2S. The van der Waals surface area contributed by atoms with Crippen LogP contribution in [-0.2, 0) is 0 Å². The molecule has 0 fully saturated rings. The lowest BCUT2D eigenvalue weighted by Gasteiger charge is -2.26. The summed E-state index contributed by atoms with van der Waals surface area (Å²) in [7, 11) is 2.00. The Bertz CT molecular complexity index is 377. The lowest BCUT2D eigenvalue weighted by molar-refractivity contribution is 0.754. The Balaban J connectivity index is 3.29. The van der Waals surface area contributed by atoms with E-state index in [1.807, 2.05) is 19.2 Å². The maximum atomic E-state index is 6.08. The minimum absolute atomic E-state index is 0.336. The van der Waals surface area contributed by atoms with E-state index in [1.165, 1.54) is 0 Å². The second kappa shape index (κ2) is 4.81. The average molecular weight is 243 g/mol. The first kappa shape index (κ1) is 12.3. The van der Waals surface area contributed by atoms with Crippen LogP contribution in [0.25, 0.3) is 0 Å². The van der Waals surface area contributed by atoms with Crippen molar-refractivity contribution < 1.29 is 0 Å². The molecule has 0 bridgehead atoms. The first-order chi connectivity index (χ1) is 6.95. The van der Waals surface area contributed by atoms with Gasteiger partial charge in [0.15, 0.2) is 0 Å². The van der Waals surface area contributed by atoms with Crippen molar-refractivity contribution in [1.29, 1.82) is 0 Å². The van der Waals surface area contributed by atoms with Crippen molar-refractivity contribution in [2.75, 3.05) is 11.9 Å². The summed E-state index contributed by atoms with van der Waals surface area (Å²) in [5.74, 6) is 0. The number of nitrogens with two attached hydrogens (primary N) is 1. The van der Waals surface area contributed by atoms with Crippen LogP contribution in [-0.4, -0.2) is 18.1 Å². The van der Waals surface area contributed by atoms with Crippen molar-refractivity contribution in [3.63, 3.8) is 0 Å². The Morgan fingerprint density at radius 1 is 1.47 bits per heavy atom. The van der Waals surface area contributed by atoms with Crippen LogP contribution in [0.3, 0.4) is 0 Å². The van der Waals surface area contributed by atoms with Crippen LogP contribution in [0.5, 0.6) is 0 Å². The van der Waals surface area contributed by atoms with Gasteiger partial charge in [-0.3, -0.25) is 0 Å². The summed E-state index contributed by atoms with van der Waals surface area (Å²) in [5.41, 5.74) is 7.41. The predicted molar refractivity (Wildman–Crippen MR) is 70.9 cm³/mol. The van der Waals surface area contributed by atoms with Crippen LogP contribution in [0.2, 0.25) is 5.02 Å². The average Bonchev–Trinajstić information content (AvgIpc) is 2.15. The van der Waals surface area contributed by atoms with Gasteiger partial charge in [-0.25, -0.2) is 0 Å². The van der Waals surface area contributed by atoms with Gasteiger partial charge in [-0.2, -0.15) is 0 Å². The second-order valence-electron chi connectivity index (χ2n) is 3.70. The standard InChI is InChI=1S/C11H15ClN2S/c1-7(2)14(3)9-6-4-5-8(12)10(9)11(13)15/h4-7H,1-3H3,(H2,13,15). The van der Waals surface area contributed by atoms with Crippen molar-refractivity contribution in [3.05, 3.63) is 28.8 Å². The van der Waals surface area contributed by atoms with Gasteiger partial charge in [-0.1, -0.05) is 29.9 Å². The van der Waals surface area contributed by atoms with E-state index >= 15 is 0 Å². The molecule has 1 aromatic rings. The van der Waals surface area contributed by atoms with Gasteiger partial charge in [0.1, 0.15) is 4.99 Å². The molecule has 0 radical (unpaired) electrons. The van der Waals surface area contributed by atoms with Crippen LogP contribution in [0, 0.1) is 0 Å². The van der Waals surface area contributed by atoms with Crippen LogP contribution in [0.4, 0.5) is 5.69 Å². The molecule has 0 aliphatic rings. The molecule has 0 amide bonds. The highest BCUT2D eigenvalue weighted by Gasteiger charge is 2.14. The second-order valence-corrected chi connectivity index (χ2v) is 4.55. The predicted octanol–water partition coefficient (Wildman–Crippen LogP) is 2.82. The summed E-state index contributed by atoms with van der Waals surface area (Å²) in [5, 5.41) is 0.604. The van der Waals surface area contributed by atoms with Crippen molar-refractivity contribution in [2.24, 2.45) is 5.73 Å². The molecule has 15 heavy (non-hydrogen) atoms. The van der Waals surface area contributed by atoms with Crippen LogP contribution < -0.4 is 10.6 Å². The molecule has 0 spiro atoms. The van der Waals surface area contributed by atoms with Crippen molar-refractivity contribution in [2.45, 2.75) is 19.9 Å². The van der Waals surface area contributed by atoms with Crippen LogP contribution in [0.1, 0.15) is 19.4 Å². The van der Waals surface area contributed by atoms with Crippen molar-refractivity contribution >= 4 is 34.5 Å². The summed E-state index contributed by atoms with van der Waals surface area (Å²) >= 11 is 11.1. The molecule has 82 valence electrons. The normalized spacial score (nSPS) is 10.5. The molecule has 0 aromatic heterocycles. The maximum absolute atomic E-state index is 6.08. The SMILES string of the molecule is CC(C)N(C)c1cccc(Cl)c1C(N)=S. The fourth-order valence-electron chi connectivity index (χ4n) is 1.33. The lowest BCUT2D eigenvalue weighted by atomic mass is 10.1. The van der Waals surface area contributed by atoms with E-state index in [2.05, 4.69) is 18.7 Å². The summed E-state index contributed by atoms with van der Waals surface area (Å²) in [6, 6.07) is 6.04. The third-order valence-electron chi connectivity index (χ3n) is 2.39. The highest BCUT2D eigenvalue weighted by atomic mass is 35.5. The van der Waals surface area contributed by atoms with Crippen molar-refractivity contribution in [1.82, 2.24) is 0 Å². The van der Waals surface area contributed by atoms with E-state index < -0.39 is 0 Å². The Hall–Kier alpha value is -0.800. The first-order valence-corrected chi connectivity index (χ1v) is 5.55. The molecule has 1 aromatic carbocycles. The quantitative estimate of drug-likeness (QED) is 0.827. The number of hydrogen-bond acceptors (Lipinski definition) is 2. The Labute approximate surface area is 101 Å². The van der Waals surface area contributed by atoms with Gasteiger partial charge in [-0.05, 0) is 26.0 Å². The number of nitrogens with zero attached hydrogens (tertiary/aromatic N) is 1. The maximum Gasteiger partial charge on any atom is 0.107 e. The molecule has 0 atom stereocenters. The van der Waals surface area contributed by atoms with E-state index in [1.54, 1.807) is 6.07 Å².